The summed E-state index contributed by atoms with van der Waals surface area (Å²) in [5.74, 6) is 0. The van der Waals surface area contributed by atoms with Crippen molar-refractivity contribution in [2.45, 2.75) is 32.2 Å². The van der Waals surface area contributed by atoms with Crippen molar-refractivity contribution in [3.8, 4) is 0 Å². The van der Waals surface area contributed by atoms with E-state index in [1.165, 1.54) is 44.3 Å². The summed E-state index contributed by atoms with van der Waals surface area (Å²) < 4.78 is 5.53. The first-order valence-electron chi connectivity index (χ1n) is 7.40. The third-order valence-corrected chi connectivity index (χ3v) is 4.65. The zero-order chi connectivity index (χ0) is 13.1. The summed E-state index contributed by atoms with van der Waals surface area (Å²) in [5, 5.41) is 0. The first-order valence-corrected chi connectivity index (χ1v) is 7.40. The molecule has 0 radical (unpaired) electrons. The zero-order valence-corrected chi connectivity index (χ0v) is 12.8. The predicted molar refractivity (Wildman–Crippen MR) is 85.1 cm³/mol. The van der Waals surface area contributed by atoms with Crippen molar-refractivity contribution >= 4 is 18.1 Å². The summed E-state index contributed by atoms with van der Waals surface area (Å²) in [5.41, 5.74) is 8.60. The molecule has 2 fully saturated rings. The molecule has 1 spiro atoms. The van der Waals surface area contributed by atoms with Crippen LogP contribution in [0.25, 0.3) is 0 Å². The van der Waals surface area contributed by atoms with Gasteiger partial charge in [0, 0.05) is 32.0 Å². The fraction of sp³-hybridized carbons (Fsp3) is 0.625. The molecule has 0 bridgehead atoms. The van der Waals surface area contributed by atoms with E-state index in [4.69, 9.17) is 10.5 Å². The van der Waals surface area contributed by atoms with E-state index < -0.39 is 0 Å². The Balaban J connectivity index is 0.00000147. The minimum absolute atomic E-state index is 0. The Labute approximate surface area is 127 Å². The maximum atomic E-state index is 5.86. The molecule has 20 heavy (non-hydrogen) atoms. The number of rotatable bonds is 2. The van der Waals surface area contributed by atoms with Gasteiger partial charge >= 0.3 is 0 Å². The molecule has 1 aromatic rings. The van der Waals surface area contributed by atoms with E-state index in [0.717, 1.165) is 25.4 Å². The third kappa shape index (κ3) is 3.66. The van der Waals surface area contributed by atoms with Crippen LogP contribution in [0, 0.1) is 5.41 Å². The van der Waals surface area contributed by atoms with Crippen LogP contribution in [0.1, 0.15) is 31.2 Å². The van der Waals surface area contributed by atoms with Gasteiger partial charge in [-0.15, -0.1) is 12.4 Å². The van der Waals surface area contributed by atoms with E-state index in [-0.39, 0.29) is 12.4 Å². The van der Waals surface area contributed by atoms with Crippen molar-refractivity contribution < 1.29 is 4.74 Å². The van der Waals surface area contributed by atoms with E-state index in [2.05, 4.69) is 23.1 Å². The van der Waals surface area contributed by atoms with Crippen molar-refractivity contribution in [3.05, 3.63) is 29.8 Å². The molecule has 2 saturated heterocycles. The topological polar surface area (TPSA) is 38.5 Å². The van der Waals surface area contributed by atoms with Crippen LogP contribution >= 0.6 is 12.4 Å². The largest absolute Gasteiger partial charge is 0.399 e. The molecule has 0 atom stereocenters. The summed E-state index contributed by atoms with van der Waals surface area (Å²) in [6.07, 6.45) is 5.17. The van der Waals surface area contributed by atoms with E-state index in [1.807, 2.05) is 6.07 Å². The summed E-state index contributed by atoms with van der Waals surface area (Å²) in [6.45, 7) is 5.38. The smallest absolute Gasteiger partial charge is 0.0471 e. The molecule has 0 unspecified atom stereocenters. The van der Waals surface area contributed by atoms with Crippen LogP contribution in [-0.2, 0) is 11.3 Å². The third-order valence-electron chi connectivity index (χ3n) is 4.65. The zero-order valence-electron chi connectivity index (χ0n) is 12.0. The number of nitrogens with zero attached hydrogens (tertiary/aromatic N) is 1. The number of ether oxygens (including phenoxy) is 1. The van der Waals surface area contributed by atoms with Gasteiger partial charge in [-0.25, -0.2) is 0 Å². The molecule has 3 rings (SSSR count). The van der Waals surface area contributed by atoms with Gasteiger partial charge in [0.15, 0.2) is 0 Å². The Morgan fingerprint density at radius 2 is 2.00 bits per heavy atom. The quantitative estimate of drug-likeness (QED) is 0.853. The molecule has 2 N–H and O–H groups in total. The van der Waals surface area contributed by atoms with Crippen molar-refractivity contribution in [1.29, 1.82) is 0 Å². The van der Waals surface area contributed by atoms with Gasteiger partial charge in [0.1, 0.15) is 0 Å². The molecule has 0 amide bonds. The first-order chi connectivity index (χ1) is 9.26. The number of nitrogens with two attached hydrogens (primary N) is 1. The number of piperidine rings is 1. The average Bonchev–Trinajstić information content (AvgIpc) is 2.40. The molecule has 0 aliphatic carbocycles. The summed E-state index contributed by atoms with van der Waals surface area (Å²) in [4.78, 5) is 2.60. The molecule has 4 heteroatoms. The Bertz CT molecular complexity index is 427. The lowest BCUT2D eigenvalue weighted by Gasteiger charge is -2.45. The summed E-state index contributed by atoms with van der Waals surface area (Å²) in [6, 6.07) is 8.30. The average molecular weight is 297 g/mol. The highest BCUT2D eigenvalue weighted by molar-refractivity contribution is 5.85. The Morgan fingerprint density at radius 3 is 2.75 bits per heavy atom. The van der Waals surface area contributed by atoms with Crippen molar-refractivity contribution in [1.82, 2.24) is 4.90 Å². The second-order valence-corrected chi connectivity index (χ2v) is 6.17. The summed E-state index contributed by atoms with van der Waals surface area (Å²) in [7, 11) is 0. The molecule has 1 aromatic carbocycles. The Kier molecular flexibility index (Phi) is 5.30. The highest BCUT2D eigenvalue weighted by Crippen LogP contribution is 2.39. The number of anilines is 1. The molecular formula is C16H25ClN2O. The number of nitrogen functional groups attached to an aromatic ring is 1. The van der Waals surface area contributed by atoms with Gasteiger partial charge in [-0.1, -0.05) is 12.1 Å². The second-order valence-electron chi connectivity index (χ2n) is 6.17. The SMILES string of the molecule is Cl.Nc1cccc(CN2CCCC3(CCOCC3)C2)c1. The van der Waals surface area contributed by atoms with E-state index in [0.29, 0.717) is 5.41 Å². The molecule has 3 nitrogen and oxygen atoms in total. The van der Waals surface area contributed by atoms with Gasteiger partial charge < -0.3 is 10.5 Å². The highest BCUT2D eigenvalue weighted by Gasteiger charge is 2.36. The van der Waals surface area contributed by atoms with Gasteiger partial charge in [0.2, 0.25) is 0 Å². The van der Waals surface area contributed by atoms with Crippen molar-refractivity contribution in [2.24, 2.45) is 5.41 Å². The minimum atomic E-state index is 0. The van der Waals surface area contributed by atoms with Crippen LogP contribution in [0.2, 0.25) is 0 Å². The Hall–Kier alpha value is -0.770. The van der Waals surface area contributed by atoms with Crippen LogP contribution < -0.4 is 5.73 Å². The predicted octanol–water partition coefficient (Wildman–Crippen LogP) is 3.08. The van der Waals surface area contributed by atoms with Crippen LogP contribution in [0.4, 0.5) is 5.69 Å². The lowest BCUT2D eigenvalue weighted by Crippen LogP contribution is -2.45. The van der Waals surface area contributed by atoms with E-state index in [1.54, 1.807) is 0 Å². The van der Waals surface area contributed by atoms with Gasteiger partial charge in [-0.3, -0.25) is 4.90 Å². The molecular weight excluding hydrogens is 272 g/mol. The van der Waals surface area contributed by atoms with E-state index in [9.17, 15) is 0 Å². The summed E-state index contributed by atoms with van der Waals surface area (Å²) >= 11 is 0. The fourth-order valence-corrected chi connectivity index (χ4v) is 3.61. The molecule has 2 heterocycles. The molecule has 0 saturated carbocycles. The first kappa shape index (κ1) is 15.6. The van der Waals surface area contributed by atoms with Gasteiger partial charge in [0.25, 0.3) is 0 Å². The molecule has 2 aliphatic rings. The van der Waals surface area contributed by atoms with Gasteiger partial charge in [-0.2, -0.15) is 0 Å². The molecule has 112 valence electrons. The maximum Gasteiger partial charge on any atom is 0.0471 e. The van der Waals surface area contributed by atoms with Gasteiger partial charge in [0.05, 0.1) is 0 Å². The molecule has 0 aromatic heterocycles. The number of benzene rings is 1. The van der Waals surface area contributed by atoms with Crippen LogP contribution in [0.3, 0.4) is 0 Å². The van der Waals surface area contributed by atoms with Crippen LogP contribution in [-0.4, -0.2) is 31.2 Å². The fourth-order valence-electron chi connectivity index (χ4n) is 3.61. The molecule has 2 aliphatic heterocycles. The van der Waals surface area contributed by atoms with Crippen LogP contribution in [0.15, 0.2) is 24.3 Å². The lowest BCUT2D eigenvalue weighted by atomic mass is 9.74. The number of halogens is 1. The minimum Gasteiger partial charge on any atom is -0.399 e. The Morgan fingerprint density at radius 1 is 1.20 bits per heavy atom. The van der Waals surface area contributed by atoms with Crippen molar-refractivity contribution in [2.75, 3.05) is 32.0 Å². The van der Waals surface area contributed by atoms with Crippen molar-refractivity contribution in [3.63, 3.8) is 0 Å². The van der Waals surface area contributed by atoms with Crippen LogP contribution in [0.5, 0.6) is 0 Å². The maximum absolute atomic E-state index is 5.86. The van der Waals surface area contributed by atoms with Gasteiger partial charge in [-0.05, 0) is 55.3 Å². The monoisotopic (exact) mass is 296 g/mol. The standard InChI is InChI=1S/C16H24N2O.ClH/c17-15-4-1-3-14(11-15)12-18-8-2-5-16(13-18)6-9-19-10-7-16;/h1,3-4,11H,2,5-10,12-13,17H2;1H. The lowest BCUT2D eigenvalue weighted by molar-refractivity contribution is -0.0291. The normalized spacial score (nSPS) is 22.4. The number of hydrogen-bond acceptors (Lipinski definition) is 3. The van der Waals surface area contributed by atoms with E-state index >= 15 is 0 Å². The number of hydrogen-bond donors (Lipinski definition) is 1. The highest BCUT2D eigenvalue weighted by atomic mass is 35.5. The number of likely N-dealkylation sites (tertiary alicyclic amines) is 1. The second kappa shape index (κ2) is 6.79.